The van der Waals surface area contributed by atoms with Gasteiger partial charge >= 0.3 is 0 Å². The molecule has 0 saturated heterocycles. The van der Waals surface area contributed by atoms with Gasteiger partial charge in [0.2, 0.25) is 12.4 Å². The average Bonchev–Trinajstić information content (AvgIpc) is 2.87. The van der Waals surface area contributed by atoms with Gasteiger partial charge in [-0.2, -0.15) is 0 Å². The highest BCUT2D eigenvalue weighted by molar-refractivity contribution is 6.11. The molecule has 3 heterocycles. The summed E-state index contributed by atoms with van der Waals surface area (Å²) in [5.41, 5.74) is 7.33. The zero-order valence-corrected chi connectivity index (χ0v) is 17.4. The highest BCUT2D eigenvalue weighted by atomic mass is 15.4. The molecule has 148 valence electrons. The maximum Gasteiger partial charge on any atom is 0.284 e. The van der Waals surface area contributed by atoms with Gasteiger partial charge in [-0.3, -0.25) is 0 Å². The van der Waals surface area contributed by atoms with Crippen LogP contribution in [-0.4, -0.2) is 0 Å². The maximum absolute atomic E-state index is 2.38. The SMILES string of the molecule is c1ccc2c(c1)-c1cc3ccc4ccccc4c3cc1-c1cccc[n+]1-[n+]1ccccc1-2. The van der Waals surface area contributed by atoms with Crippen molar-refractivity contribution in [2.24, 2.45) is 0 Å². The first-order chi connectivity index (χ1) is 15.9. The number of benzene rings is 4. The fourth-order valence-electron chi connectivity index (χ4n) is 5.10. The molecule has 32 heavy (non-hydrogen) atoms. The number of pyridine rings is 2. The summed E-state index contributed by atoms with van der Waals surface area (Å²) in [7, 11) is 0. The average molecular weight is 409 g/mol. The minimum absolute atomic E-state index is 1.17. The number of hydrogen-bond donors (Lipinski definition) is 0. The second kappa shape index (κ2) is 6.60. The van der Waals surface area contributed by atoms with Crippen LogP contribution in [0.4, 0.5) is 0 Å². The Kier molecular flexibility index (Phi) is 3.58. The Labute approximate surface area is 186 Å². The quantitative estimate of drug-likeness (QED) is 0.209. The van der Waals surface area contributed by atoms with Crippen molar-refractivity contribution in [1.29, 1.82) is 0 Å². The molecule has 2 nitrogen and oxygen atoms in total. The molecule has 2 aromatic heterocycles. The van der Waals surface area contributed by atoms with Crippen LogP contribution in [0.15, 0.2) is 122 Å². The Bertz CT molecular complexity index is 1680. The van der Waals surface area contributed by atoms with Gasteiger partial charge in [0.05, 0.1) is 20.5 Å². The lowest BCUT2D eigenvalue weighted by atomic mass is 9.88. The van der Waals surface area contributed by atoms with Gasteiger partial charge in [-0.05, 0) is 63.0 Å². The van der Waals surface area contributed by atoms with E-state index in [1.807, 2.05) is 0 Å². The Morgan fingerprint density at radius 2 is 1.00 bits per heavy atom. The highest BCUT2D eigenvalue weighted by Gasteiger charge is 2.32. The number of fused-ring (bicyclic) bond motifs is 11. The third kappa shape index (κ3) is 2.41. The molecular formula is C30H20N2+2. The Hall–Kier alpha value is -4.30. The molecule has 1 aliphatic heterocycles. The fourth-order valence-corrected chi connectivity index (χ4v) is 5.10. The summed E-state index contributed by atoms with van der Waals surface area (Å²) in [6.45, 7) is 0. The standard InChI is InChI=1S/C30H20N2/c1-2-10-23-21(9-1)15-16-22-19-27-24-11-3-4-12-25(24)29-13-5-7-17-31(29)32-18-8-6-14-30(32)28(27)20-26(22)23/h1-20H/q+2. The van der Waals surface area contributed by atoms with Crippen LogP contribution < -0.4 is 9.35 Å². The van der Waals surface area contributed by atoms with E-state index in [2.05, 4.69) is 131 Å². The normalized spacial score (nSPS) is 11.8. The van der Waals surface area contributed by atoms with Crippen LogP contribution in [0.2, 0.25) is 0 Å². The van der Waals surface area contributed by atoms with Crippen molar-refractivity contribution in [3.63, 3.8) is 0 Å². The van der Waals surface area contributed by atoms with E-state index in [0.29, 0.717) is 0 Å². The molecular weight excluding hydrogens is 388 g/mol. The predicted octanol–water partition coefficient (Wildman–Crippen LogP) is 6.19. The van der Waals surface area contributed by atoms with Crippen LogP contribution >= 0.6 is 0 Å². The summed E-state index contributed by atoms with van der Waals surface area (Å²) in [4.78, 5) is 0. The van der Waals surface area contributed by atoms with Crippen molar-refractivity contribution in [1.82, 2.24) is 0 Å². The second-order valence-electron chi connectivity index (χ2n) is 8.31. The van der Waals surface area contributed by atoms with E-state index in [1.54, 1.807) is 0 Å². The van der Waals surface area contributed by atoms with Gasteiger partial charge in [0.15, 0.2) is 0 Å². The molecule has 0 bridgehead atoms. The van der Waals surface area contributed by atoms with Gasteiger partial charge in [0.1, 0.15) is 0 Å². The summed E-state index contributed by atoms with van der Waals surface area (Å²) < 4.78 is 4.49. The molecule has 4 aromatic carbocycles. The number of aromatic nitrogens is 2. The van der Waals surface area contributed by atoms with Gasteiger partial charge in [-0.1, -0.05) is 54.6 Å². The summed E-state index contributed by atoms with van der Waals surface area (Å²) in [5.74, 6) is 0. The summed E-state index contributed by atoms with van der Waals surface area (Å²) >= 11 is 0. The molecule has 0 aliphatic carbocycles. The first-order valence-electron chi connectivity index (χ1n) is 11.0. The number of hydrogen-bond acceptors (Lipinski definition) is 0. The first kappa shape index (κ1) is 17.4. The molecule has 1 aliphatic rings. The molecule has 0 N–H and O–H groups in total. The Morgan fingerprint density at radius 1 is 0.375 bits per heavy atom. The van der Waals surface area contributed by atoms with Crippen molar-refractivity contribution < 1.29 is 9.35 Å². The summed E-state index contributed by atoms with van der Waals surface area (Å²) in [6.07, 6.45) is 4.28. The van der Waals surface area contributed by atoms with Crippen molar-refractivity contribution >= 4 is 21.5 Å². The molecule has 0 spiro atoms. The minimum Gasteiger partial charge on any atom is -0.0616 e. The lowest BCUT2D eigenvalue weighted by Crippen LogP contribution is -2.68. The Morgan fingerprint density at radius 3 is 1.81 bits per heavy atom. The lowest BCUT2D eigenvalue weighted by molar-refractivity contribution is -1.29. The monoisotopic (exact) mass is 408 g/mol. The molecule has 0 amide bonds. The predicted molar refractivity (Wildman–Crippen MR) is 129 cm³/mol. The van der Waals surface area contributed by atoms with E-state index in [0.717, 1.165) is 0 Å². The smallest absolute Gasteiger partial charge is 0.0616 e. The first-order valence-corrected chi connectivity index (χ1v) is 11.0. The molecule has 6 aromatic rings. The lowest BCUT2D eigenvalue weighted by Gasteiger charge is -2.16. The summed E-state index contributed by atoms with van der Waals surface area (Å²) in [5, 5.41) is 5.11. The van der Waals surface area contributed by atoms with Crippen LogP contribution in [0.3, 0.4) is 0 Å². The minimum atomic E-state index is 1.17. The van der Waals surface area contributed by atoms with E-state index in [1.165, 1.54) is 55.2 Å². The van der Waals surface area contributed by atoms with E-state index in [-0.39, 0.29) is 0 Å². The van der Waals surface area contributed by atoms with Gasteiger partial charge in [0, 0.05) is 24.3 Å². The van der Waals surface area contributed by atoms with Crippen LogP contribution in [-0.2, 0) is 0 Å². The molecule has 0 radical (unpaired) electrons. The van der Waals surface area contributed by atoms with E-state index in [9.17, 15) is 0 Å². The summed E-state index contributed by atoms with van der Waals surface area (Å²) in [6, 6.07) is 39.5. The van der Waals surface area contributed by atoms with Crippen LogP contribution in [0, 0.1) is 0 Å². The topological polar surface area (TPSA) is 7.76 Å². The van der Waals surface area contributed by atoms with Crippen molar-refractivity contribution in [3.8, 4) is 33.6 Å². The second-order valence-corrected chi connectivity index (χ2v) is 8.31. The molecule has 0 unspecified atom stereocenters. The molecule has 0 fully saturated rings. The van der Waals surface area contributed by atoms with Crippen LogP contribution in [0.5, 0.6) is 0 Å². The van der Waals surface area contributed by atoms with E-state index >= 15 is 0 Å². The number of rotatable bonds is 0. The zero-order valence-electron chi connectivity index (χ0n) is 17.4. The van der Waals surface area contributed by atoms with Crippen molar-refractivity contribution in [2.45, 2.75) is 0 Å². The van der Waals surface area contributed by atoms with Crippen LogP contribution in [0.1, 0.15) is 0 Å². The zero-order chi connectivity index (χ0) is 21.1. The molecule has 0 saturated carbocycles. The molecule has 2 heteroatoms. The molecule has 7 rings (SSSR count). The third-order valence-corrected chi connectivity index (χ3v) is 6.56. The van der Waals surface area contributed by atoms with Gasteiger partial charge < -0.3 is 0 Å². The van der Waals surface area contributed by atoms with Crippen molar-refractivity contribution in [3.05, 3.63) is 122 Å². The Balaban J connectivity index is 1.70. The van der Waals surface area contributed by atoms with E-state index < -0.39 is 0 Å². The largest absolute Gasteiger partial charge is 0.284 e. The van der Waals surface area contributed by atoms with Crippen LogP contribution in [0.25, 0.3) is 55.2 Å². The third-order valence-electron chi connectivity index (χ3n) is 6.56. The van der Waals surface area contributed by atoms with Crippen molar-refractivity contribution in [2.75, 3.05) is 0 Å². The molecule has 0 atom stereocenters. The van der Waals surface area contributed by atoms with Gasteiger partial charge in [0.25, 0.3) is 11.4 Å². The maximum atomic E-state index is 2.38. The highest BCUT2D eigenvalue weighted by Crippen LogP contribution is 2.41. The fraction of sp³-hybridized carbons (Fsp3) is 0. The number of nitrogens with zero attached hydrogens (tertiary/aromatic N) is 2. The van der Waals surface area contributed by atoms with Gasteiger partial charge in [-0.25, -0.2) is 0 Å². The van der Waals surface area contributed by atoms with Gasteiger partial charge in [-0.15, -0.1) is 0 Å². The van der Waals surface area contributed by atoms with E-state index in [4.69, 9.17) is 0 Å².